The predicted octanol–water partition coefficient (Wildman–Crippen LogP) is 3.56. The summed E-state index contributed by atoms with van der Waals surface area (Å²) in [5.41, 5.74) is 6.82. The summed E-state index contributed by atoms with van der Waals surface area (Å²) in [6.45, 7) is 4.98. The van der Waals surface area contributed by atoms with Crippen LogP contribution in [-0.2, 0) is 17.8 Å². The Morgan fingerprint density at radius 1 is 1.19 bits per heavy atom. The van der Waals surface area contributed by atoms with Gasteiger partial charge in [0.05, 0.1) is 13.2 Å². The van der Waals surface area contributed by atoms with Crippen molar-refractivity contribution in [2.75, 3.05) is 13.7 Å². The predicted molar refractivity (Wildman–Crippen MR) is 118 cm³/mol. The van der Waals surface area contributed by atoms with Crippen molar-refractivity contribution in [3.63, 3.8) is 0 Å². The average Bonchev–Trinajstić information content (AvgIpc) is 3.42. The monoisotopic (exact) mass is 415 g/mol. The van der Waals surface area contributed by atoms with Gasteiger partial charge in [0.25, 0.3) is 0 Å². The second-order valence-electron chi connectivity index (χ2n) is 8.00. The summed E-state index contributed by atoms with van der Waals surface area (Å²) in [6.07, 6.45) is 3.84. The van der Waals surface area contributed by atoms with Gasteiger partial charge in [-0.15, -0.1) is 0 Å². The van der Waals surface area contributed by atoms with Crippen LogP contribution in [0.15, 0.2) is 49.1 Å². The van der Waals surface area contributed by atoms with Crippen LogP contribution in [0.3, 0.4) is 0 Å². The van der Waals surface area contributed by atoms with E-state index in [0.717, 1.165) is 40.1 Å². The number of amides is 1. The van der Waals surface area contributed by atoms with Crippen molar-refractivity contribution in [1.82, 2.24) is 24.6 Å². The third-order valence-corrected chi connectivity index (χ3v) is 6.41. The smallest absolute Gasteiger partial charge is 0.245 e. The van der Waals surface area contributed by atoms with Gasteiger partial charge in [0.2, 0.25) is 5.91 Å². The van der Waals surface area contributed by atoms with Crippen molar-refractivity contribution in [2.45, 2.75) is 32.9 Å². The fourth-order valence-corrected chi connectivity index (χ4v) is 4.71. The molecule has 4 aromatic rings. The number of benzene rings is 2. The van der Waals surface area contributed by atoms with E-state index in [4.69, 9.17) is 4.74 Å². The molecule has 5 rings (SSSR count). The summed E-state index contributed by atoms with van der Waals surface area (Å²) in [5.74, 6) is 0.877. The second kappa shape index (κ2) is 7.58. The maximum atomic E-state index is 13.4. The molecule has 1 atom stereocenters. The molecule has 1 aliphatic rings. The fourth-order valence-electron chi connectivity index (χ4n) is 4.71. The SMILES string of the molecule is COc1ccc(C2c3[nH]c4ccccc4c3CCN2C(=O)Cn2cncn2)c(C)c1C. The molecule has 0 aliphatic carbocycles. The van der Waals surface area contributed by atoms with E-state index in [1.54, 1.807) is 18.1 Å². The summed E-state index contributed by atoms with van der Waals surface area (Å²) in [5, 5.41) is 5.35. The molecule has 2 aromatic heterocycles. The number of carbonyl (C=O) groups excluding carboxylic acids is 1. The first-order chi connectivity index (χ1) is 15.1. The highest BCUT2D eigenvalue weighted by Gasteiger charge is 2.35. The molecule has 31 heavy (non-hydrogen) atoms. The van der Waals surface area contributed by atoms with Crippen LogP contribution >= 0.6 is 0 Å². The summed E-state index contributed by atoms with van der Waals surface area (Å²) in [4.78, 5) is 23.0. The number of H-pyrrole nitrogens is 1. The van der Waals surface area contributed by atoms with E-state index in [2.05, 4.69) is 53.2 Å². The third kappa shape index (κ3) is 3.17. The number of methoxy groups -OCH3 is 1. The molecule has 7 nitrogen and oxygen atoms in total. The van der Waals surface area contributed by atoms with E-state index < -0.39 is 0 Å². The number of hydrogen-bond donors (Lipinski definition) is 1. The Kier molecular flexibility index (Phi) is 4.73. The molecule has 1 unspecified atom stereocenters. The molecule has 0 fully saturated rings. The lowest BCUT2D eigenvalue weighted by atomic mass is 9.88. The van der Waals surface area contributed by atoms with E-state index in [0.29, 0.717) is 6.54 Å². The van der Waals surface area contributed by atoms with Gasteiger partial charge in [0, 0.05) is 23.1 Å². The molecule has 7 heteroatoms. The van der Waals surface area contributed by atoms with Crippen LogP contribution in [0.1, 0.15) is 34.0 Å². The molecule has 0 saturated carbocycles. The van der Waals surface area contributed by atoms with Crippen LogP contribution < -0.4 is 4.74 Å². The van der Waals surface area contributed by atoms with Gasteiger partial charge in [-0.1, -0.05) is 24.3 Å². The van der Waals surface area contributed by atoms with Crippen molar-refractivity contribution < 1.29 is 9.53 Å². The van der Waals surface area contributed by atoms with Crippen molar-refractivity contribution in [3.8, 4) is 5.75 Å². The largest absolute Gasteiger partial charge is 0.496 e. The first-order valence-electron chi connectivity index (χ1n) is 10.4. The Balaban J connectivity index is 1.65. The van der Waals surface area contributed by atoms with Crippen LogP contribution in [0.4, 0.5) is 0 Å². The molecule has 2 aromatic carbocycles. The highest BCUT2D eigenvalue weighted by Crippen LogP contribution is 2.41. The zero-order valence-corrected chi connectivity index (χ0v) is 17.9. The lowest BCUT2D eigenvalue weighted by Gasteiger charge is -2.37. The van der Waals surface area contributed by atoms with Crippen molar-refractivity contribution >= 4 is 16.8 Å². The Hall–Kier alpha value is -3.61. The van der Waals surface area contributed by atoms with Crippen LogP contribution in [0.2, 0.25) is 0 Å². The van der Waals surface area contributed by atoms with Gasteiger partial charge >= 0.3 is 0 Å². The Bertz CT molecular complexity index is 1260. The van der Waals surface area contributed by atoms with Crippen molar-refractivity contribution in [1.29, 1.82) is 0 Å². The number of carbonyl (C=O) groups is 1. The summed E-state index contributed by atoms with van der Waals surface area (Å²) >= 11 is 0. The summed E-state index contributed by atoms with van der Waals surface area (Å²) < 4.78 is 7.10. The number of ether oxygens (including phenoxy) is 1. The lowest BCUT2D eigenvalue weighted by molar-refractivity contribution is -0.134. The number of hydrogen-bond acceptors (Lipinski definition) is 4. The zero-order chi connectivity index (χ0) is 21.5. The van der Waals surface area contributed by atoms with E-state index in [1.165, 1.54) is 17.3 Å². The first-order valence-corrected chi connectivity index (χ1v) is 10.4. The molecule has 0 radical (unpaired) electrons. The zero-order valence-electron chi connectivity index (χ0n) is 17.9. The van der Waals surface area contributed by atoms with E-state index in [1.807, 2.05) is 17.0 Å². The van der Waals surface area contributed by atoms with E-state index in [9.17, 15) is 4.79 Å². The maximum absolute atomic E-state index is 13.4. The fraction of sp³-hybridized carbons (Fsp3) is 0.292. The molecule has 0 bridgehead atoms. The summed E-state index contributed by atoms with van der Waals surface area (Å²) in [7, 11) is 1.69. The van der Waals surface area contributed by atoms with E-state index >= 15 is 0 Å². The average molecular weight is 415 g/mol. The third-order valence-electron chi connectivity index (χ3n) is 6.41. The number of fused-ring (bicyclic) bond motifs is 3. The minimum Gasteiger partial charge on any atom is -0.496 e. The van der Waals surface area contributed by atoms with Crippen molar-refractivity contribution in [2.24, 2.45) is 0 Å². The maximum Gasteiger partial charge on any atom is 0.245 e. The Morgan fingerprint density at radius 3 is 2.81 bits per heavy atom. The Morgan fingerprint density at radius 2 is 2.03 bits per heavy atom. The molecule has 1 amide bonds. The van der Waals surface area contributed by atoms with Crippen molar-refractivity contribution in [3.05, 3.63) is 77.0 Å². The van der Waals surface area contributed by atoms with Crippen LogP contribution in [0.25, 0.3) is 10.9 Å². The number of rotatable bonds is 4. The molecule has 1 aliphatic heterocycles. The normalized spacial score (nSPS) is 15.8. The molecule has 1 N–H and O–H groups in total. The van der Waals surface area contributed by atoms with Crippen LogP contribution in [0, 0.1) is 13.8 Å². The van der Waals surface area contributed by atoms with Gasteiger partial charge in [0.15, 0.2) is 0 Å². The Labute approximate surface area is 180 Å². The van der Waals surface area contributed by atoms with Gasteiger partial charge in [0.1, 0.15) is 24.9 Å². The molecular formula is C24H25N5O2. The molecule has 0 saturated heterocycles. The van der Waals surface area contributed by atoms with Gasteiger partial charge < -0.3 is 14.6 Å². The molecule has 3 heterocycles. The number of aromatic amines is 1. The minimum absolute atomic E-state index is 0.0210. The molecule has 158 valence electrons. The molecule has 0 spiro atoms. The quantitative estimate of drug-likeness (QED) is 0.553. The second-order valence-corrected chi connectivity index (χ2v) is 8.00. The number of nitrogens with one attached hydrogen (secondary N) is 1. The van der Waals surface area contributed by atoms with Gasteiger partial charge in [-0.2, -0.15) is 5.10 Å². The number of nitrogens with zero attached hydrogens (tertiary/aromatic N) is 4. The minimum atomic E-state index is -0.197. The molecular weight excluding hydrogens is 390 g/mol. The van der Waals surface area contributed by atoms with E-state index in [-0.39, 0.29) is 18.5 Å². The number of aromatic nitrogens is 4. The van der Waals surface area contributed by atoms with Crippen LogP contribution in [-0.4, -0.2) is 44.2 Å². The van der Waals surface area contributed by atoms with Crippen LogP contribution in [0.5, 0.6) is 5.75 Å². The highest BCUT2D eigenvalue weighted by molar-refractivity contribution is 5.86. The van der Waals surface area contributed by atoms with Gasteiger partial charge in [-0.25, -0.2) is 9.67 Å². The van der Waals surface area contributed by atoms with Gasteiger partial charge in [-0.3, -0.25) is 4.79 Å². The highest BCUT2D eigenvalue weighted by atomic mass is 16.5. The number of para-hydroxylation sites is 1. The standard InChI is InChI=1S/C24H25N5O2/c1-15-16(2)21(31-3)9-8-17(15)24-23-19(18-6-4-5-7-20(18)27-23)10-11-29(24)22(30)12-28-14-25-13-26-28/h4-9,13-14,24,27H,10-12H2,1-3H3. The lowest BCUT2D eigenvalue weighted by Crippen LogP contribution is -2.42. The topological polar surface area (TPSA) is 76.0 Å². The summed E-state index contributed by atoms with van der Waals surface area (Å²) in [6, 6.07) is 12.2. The first kappa shape index (κ1) is 19.4. The van der Waals surface area contributed by atoms with Gasteiger partial charge in [-0.05, 0) is 54.7 Å².